The number of carbonyl (C=O) groups is 1. The Morgan fingerprint density at radius 2 is 2.06 bits per heavy atom. The number of alkyl halides is 4. The molecule has 1 unspecified atom stereocenters. The fourth-order valence-electron chi connectivity index (χ4n) is 3.40. The summed E-state index contributed by atoms with van der Waals surface area (Å²) in [5.74, 6) is -0.983. The SMILES string of the molecule is O=C(Nc1cc(OC(F)F)c2nc(C3CCCOC3)cn2c1)c1cccc(C(F)F)n1. The molecule has 0 saturated carbocycles. The van der Waals surface area contributed by atoms with Gasteiger partial charge in [0.25, 0.3) is 12.3 Å². The lowest BCUT2D eigenvalue weighted by Gasteiger charge is -2.19. The van der Waals surface area contributed by atoms with Crippen molar-refractivity contribution < 1.29 is 31.8 Å². The number of hydrogen-bond acceptors (Lipinski definition) is 5. The van der Waals surface area contributed by atoms with Gasteiger partial charge in [0.1, 0.15) is 11.4 Å². The van der Waals surface area contributed by atoms with Gasteiger partial charge in [-0.15, -0.1) is 0 Å². The van der Waals surface area contributed by atoms with E-state index in [1.165, 1.54) is 28.8 Å². The second kappa shape index (κ2) is 8.88. The Bertz CT molecular complexity index is 1080. The number of pyridine rings is 2. The first kappa shape index (κ1) is 21.0. The van der Waals surface area contributed by atoms with Crippen molar-refractivity contribution in [1.82, 2.24) is 14.4 Å². The van der Waals surface area contributed by atoms with E-state index in [1.807, 2.05) is 0 Å². The first-order valence-corrected chi connectivity index (χ1v) is 9.52. The fourth-order valence-corrected chi connectivity index (χ4v) is 3.40. The van der Waals surface area contributed by atoms with E-state index < -0.39 is 24.6 Å². The summed E-state index contributed by atoms with van der Waals surface area (Å²) in [6.45, 7) is -1.96. The van der Waals surface area contributed by atoms with Crippen LogP contribution in [0.3, 0.4) is 0 Å². The molecule has 4 rings (SSSR count). The third-order valence-electron chi connectivity index (χ3n) is 4.82. The molecule has 4 heterocycles. The van der Waals surface area contributed by atoms with Gasteiger partial charge in [-0.05, 0) is 25.0 Å². The third kappa shape index (κ3) is 4.76. The zero-order valence-corrected chi connectivity index (χ0v) is 16.1. The van der Waals surface area contributed by atoms with Gasteiger partial charge >= 0.3 is 6.61 Å². The maximum Gasteiger partial charge on any atom is 0.387 e. The first-order valence-electron chi connectivity index (χ1n) is 9.52. The van der Waals surface area contributed by atoms with Crippen LogP contribution in [0, 0.1) is 0 Å². The van der Waals surface area contributed by atoms with E-state index in [0.717, 1.165) is 18.9 Å². The van der Waals surface area contributed by atoms with Crippen LogP contribution in [0.5, 0.6) is 5.75 Å². The number of anilines is 1. The standard InChI is InChI=1S/C20H18F4N4O3/c21-17(22)13-4-1-5-14(26-13)19(29)25-12-7-16(31-20(23)24)18-27-15(9-28(18)8-12)11-3-2-6-30-10-11/h1,4-5,7-9,11,17,20H,2-3,6,10H2,(H,25,29). The van der Waals surface area contributed by atoms with Gasteiger partial charge in [0, 0.05) is 31.0 Å². The molecule has 1 aliphatic heterocycles. The van der Waals surface area contributed by atoms with Crippen molar-refractivity contribution in [2.75, 3.05) is 18.5 Å². The normalized spacial score (nSPS) is 16.8. The van der Waals surface area contributed by atoms with Crippen molar-refractivity contribution in [3.63, 3.8) is 0 Å². The highest BCUT2D eigenvalue weighted by Crippen LogP contribution is 2.30. The van der Waals surface area contributed by atoms with Gasteiger partial charge in [-0.3, -0.25) is 4.79 Å². The largest absolute Gasteiger partial charge is 0.431 e. The Morgan fingerprint density at radius 1 is 1.23 bits per heavy atom. The number of imidazole rings is 1. The van der Waals surface area contributed by atoms with Crippen LogP contribution in [-0.4, -0.2) is 40.1 Å². The number of fused-ring (bicyclic) bond motifs is 1. The summed E-state index contributed by atoms with van der Waals surface area (Å²) in [4.78, 5) is 20.5. The molecule has 1 aliphatic rings. The number of carbonyl (C=O) groups excluding carboxylic acids is 1. The predicted octanol–water partition coefficient (Wildman–Crippen LogP) is 4.41. The summed E-state index contributed by atoms with van der Waals surface area (Å²) in [6, 6.07) is 4.86. The van der Waals surface area contributed by atoms with Crippen molar-refractivity contribution >= 4 is 17.2 Å². The van der Waals surface area contributed by atoms with Crippen LogP contribution in [0.4, 0.5) is 23.2 Å². The van der Waals surface area contributed by atoms with E-state index in [9.17, 15) is 22.4 Å². The molecule has 1 amide bonds. The zero-order valence-electron chi connectivity index (χ0n) is 16.1. The Hall–Kier alpha value is -3.21. The Kier molecular flexibility index (Phi) is 6.03. The molecule has 0 radical (unpaired) electrons. The highest BCUT2D eigenvalue weighted by atomic mass is 19.3. The van der Waals surface area contributed by atoms with E-state index in [-0.39, 0.29) is 28.7 Å². The molecule has 1 N–H and O–H groups in total. The molecule has 31 heavy (non-hydrogen) atoms. The Balaban J connectivity index is 1.65. The maximum atomic E-state index is 12.9. The highest BCUT2D eigenvalue weighted by molar-refractivity contribution is 6.03. The van der Waals surface area contributed by atoms with Gasteiger partial charge in [-0.2, -0.15) is 8.78 Å². The van der Waals surface area contributed by atoms with E-state index >= 15 is 0 Å². The van der Waals surface area contributed by atoms with E-state index in [0.29, 0.717) is 18.9 Å². The number of aromatic nitrogens is 3. The quantitative estimate of drug-likeness (QED) is 0.577. The molecule has 3 aromatic rings. The van der Waals surface area contributed by atoms with Gasteiger partial charge in [-0.1, -0.05) is 6.07 Å². The molecule has 0 spiro atoms. The molecule has 0 aliphatic carbocycles. The molecular formula is C20H18F4N4O3. The molecule has 3 aromatic heterocycles. The molecular weight excluding hydrogens is 420 g/mol. The summed E-state index contributed by atoms with van der Waals surface area (Å²) >= 11 is 0. The zero-order chi connectivity index (χ0) is 22.0. The van der Waals surface area contributed by atoms with Crippen molar-refractivity contribution in [2.45, 2.75) is 31.8 Å². The van der Waals surface area contributed by atoms with Crippen molar-refractivity contribution in [3.05, 3.63) is 53.7 Å². The highest BCUT2D eigenvalue weighted by Gasteiger charge is 2.22. The second-order valence-corrected chi connectivity index (χ2v) is 6.98. The lowest BCUT2D eigenvalue weighted by molar-refractivity contribution is -0.0491. The molecule has 1 saturated heterocycles. The second-order valence-electron chi connectivity index (χ2n) is 6.98. The van der Waals surface area contributed by atoms with Gasteiger partial charge in [0.15, 0.2) is 11.4 Å². The van der Waals surface area contributed by atoms with Gasteiger partial charge in [-0.25, -0.2) is 18.7 Å². The molecule has 1 fully saturated rings. The molecule has 1 atom stereocenters. The molecule has 0 bridgehead atoms. The average molecular weight is 438 g/mol. The van der Waals surface area contributed by atoms with Crippen LogP contribution in [0.25, 0.3) is 5.65 Å². The minimum Gasteiger partial charge on any atom is -0.431 e. The summed E-state index contributed by atoms with van der Waals surface area (Å²) in [5.41, 5.74) is 0.158. The monoisotopic (exact) mass is 438 g/mol. The summed E-state index contributed by atoms with van der Waals surface area (Å²) < 4.78 is 63.1. The van der Waals surface area contributed by atoms with Crippen LogP contribution in [0.1, 0.15) is 47.1 Å². The van der Waals surface area contributed by atoms with Crippen LogP contribution >= 0.6 is 0 Å². The molecule has 11 heteroatoms. The first-order chi connectivity index (χ1) is 14.9. The lowest BCUT2D eigenvalue weighted by Crippen LogP contribution is -2.15. The number of ether oxygens (including phenoxy) is 2. The number of halogens is 4. The van der Waals surface area contributed by atoms with Gasteiger partial charge in [0.05, 0.1) is 18.0 Å². The topological polar surface area (TPSA) is 77.8 Å². The Labute approximate surface area is 174 Å². The predicted molar refractivity (Wildman–Crippen MR) is 102 cm³/mol. The number of nitrogens with one attached hydrogen (secondary N) is 1. The number of nitrogens with zero attached hydrogens (tertiary/aromatic N) is 3. The lowest BCUT2D eigenvalue weighted by atomic mass is 9.99. The minimum atomic E-state index is -3.10. The molecule has 7 nitrogen and oxygen atoms in total. The van der Waals surface area contributed by atoms with Crippen molar-refractivity contribution in [1.29, 1.82) is 0 Å². The van der Waals surface area contributed by atoms with Gasteiger partial charge in [0.2, 0.25) is 0 Å². The molecule has 0 aromatic carbocycles. The maximum absolute atomic E-state index is 12.9. The van der Waals surface area contributed by atoms with E-state index in [4.69, 9.17) is 4.74 Å². The number of amides is 1. The van der Waals surface area contributed by atoms with E-state index in [2.05, 4.69) is 20.0 Å². The third-order valence-corrected chi connectivity index (χ3v) is 4.82. The van der Waals surface area contributed by atoms with Crippen molar-refractivity contribution in [3.8, 4) is 5.75 Å². The number of hydrogen-bond donors (Lipinski definition) is 1. The Morgan fingerprint density at radius 3 is 2.77 bits per heavy atom. The fraction of sp³-hybridized carbons (Fsp3) is 0.350. The average Bonchev–Trinajstić information content (AvgIpc) is 3.18. The molecule has 164 valence electrons. The van der Waals surface area contributed by atoms with Crippen LogP contribution in [0.15, 0.2) is 36.7 Å². The van der Waals surface area contributed by atoms with Gasteiger partial charge < -0.3 is 19.2 Å². The summed E-state index contributed by atoms with van der Waals surface area (Å²) in [6.07, 6.45) is 2.03. The number of rotatable bonds is 6. The van der Waals surface area contributed by atoms with Crippen LogP contribution in [0.2, 0.25) is 0 Å². The summed E-state index contributed by atoms with van der Waals surface area (Å²) in [7, 11) is 0. The smallest absolute Gasteiger partial charge is 0.387 e. The summed E-state index contributed by atoms with van der Waals surface area (Å²) in [5, 5.41) is 2.47. The van der Waals surface area contributed by atoms with Crippen LogP contribution < -0.4 is 10.1 Å². The minimum absolute atomic E-state index is 0.0207. The van der Waals surface area contributed by atoms with Crippen molar-refractivity contribution in [2.24, 2.45) is 0 Å². The van der Waals surface area contributed by atoms with E-state index in [1.54, 1.807) is 6.20 Å². The van der Waals surface area contributed by atoms with Crippen LogP contribution in [-0.2, 0) is 4.74 Å².